The average Bonchev–Trinajstić information content (AvgIpc) is 2.72. The van der Waals surface area contributed by atoms with E-state index in [4.69, 9.17) is 5.73 Å². The second-order valence-corrected chi connectivity index (χ2v) is 6.27. The number of nitrogens with two attached hydrogens (primary N) is 1. The van der Waals surface area contributed by atoms with E-state index in [-0.39, 0.29) is 5.95 Å². The molecule has 9 heteroatoms. The van der Waals surface area contributed by atoms with E-state index in [9.17, 15) is 0 Å². The number of hydrogen-bond donors (Lipinski definition) is 1. The Morgan fingerprint density at radius 2 is 2.18 bits per heavy atom. The summed E-state index contributed by atoms with van der Waals surface area (Å²) in [5, 5.41) is 9.71. The van der Waals surface area contributed by atoms with Crippen LogP contribution in [0.25, 0.3) is 0 Å². The lowest BCUT2D eigenvalue weighted by Gasteiger charge is -2.03. The van der Waals surface area contributed by atoms with E-state index >= 15 is 0 Å². The molecule has 2 heterocycles. The zero-order chi connectivity index (χ0) is 12.4. The van der Waals surface area contributed by atoms with Crippen molar-refractivity contribution in [2.75, 3.05) is 24.7 Å². The molecule has 0 atom stereocenters. The molecule has 2 aromatic rings. The van der Waals surface area contributed by atoms with Gasteiger partial charge in [0.05, 0.1) is 4.47 Å². The maximum absolute atomic E-state index is 5.54. The highest BCUT2D eigenvalue weighted by Crippen LogP contribution is 2.35. The Morgan fingerprint density at radius 1 is 1.41 bits per heavy atom. The van der Waals surface area contributed by atoms with Crippen molar-refractivity contribution in [1.29, 1.82) is 0 Å². The van der Waals surface area contributed by atoms with Crippen LogP contribution in [0.15, 0.2) is 20.0 Å². The Morgan fingerprint density at radius 3 is 2.82 bits per heavy atom. The number of rotatable bonds is 3. The Hall–Kier alpha value is -0.930. The molecular weight excluding hydrogens is 324 g/mol. The summed E-state index contributed by atoms with van der Waals surface area (Å²) >= 11 is 6.27. The quantitative estimate of drug-likeness (QED) is 0.859. The van der Waals surface area contributed by atoms with Crippen molar-refractivity contribution >= 4 is 50.1 Å². The van der Waals surface area contributed by atoms with Gasteiger partial charge in [-0.1, -0.05) is 11.3 Å². The molecular formula is C8H9BrN6S2. The van der Waals surface area contributed by atoms with Gasteiger partial charge in [-0.3, -0.25) is 0 Å². The van der Waals surface area contributed by atoms with Crippen molar-refractivity contribution in [2.24, 2.45) is 0 Å². The molecule has 17 heavy (non-hydrogen) atoms. The molecule has 0 saturated heterocycles. The van der Waals surface area contributed by atoms with Gasteiger partial charge in [-0.2, -0.15) is 0 Å². The minimum absolute atomic E-state index is 0.244. The molecule has 0 aliphatic heterocycles. The van der Waals surface area contributed by atoms with Crippen LogP contribution in [-0.2, 0) is 0 Å². The van der Waals surface area contributed by atoms with Crippen LogP contribution in [0, 0.1) is 0 Å². The van der Waals surface area contributed by atoms with Crippen LogP contribution < -0.4 is 10.6 Å². The van der Waals surface area contributed by atoms with Gasteiger partial charge in [-0.05, 0) is 27.7 Å². The Kier molecular flexibility index (Phi) is 3.79. The standard InChI is InChI=1S/C8H9BrN6S2/c1-15(2)7-13-14-8(17-7)16-5-4(9)3-11-6(10)12-5/h3H,1-2H3,(H2,10,11,12). The number of nitrogens with zero attached hydrogens (tertiary/aromatic N) is 5. The van der Waals surface area contributed by atoms with Gasteiger partial charge < -0.3 is 10.6 Å². The Labute approximate surface area is 115 Å². The van der Waals surface area contributed by atoms with Gasteiger partial charge >= 0.3 is 0 Å². The van der Waals surface area contributed by atoms with Crippen LogP contribution in [0.5, 0.6) is 0 Å². The van der Waals surface area contributed by atoms with E-state index in [0.717, 1.165) is 19.0 Å². The average molecular weight is 333 g/mol. The third-order valence-corrected chi connectivity index (χ3v) is 4.68. The summed E-state index contributed by atoms with van der Waals surface area (Å²) in [6.45, 7) is 0. The lowest BCUT2D eigenvalue weighted by Crippen LogP contribution is -2.07. The third-order valence-electron chi connectivity index (χ3n) is 1.69. The molecule has 6 nitrogen and oxygen atoms in total. The van der Waals surface area contributed by atoms with Crippen LogP contribution in [0.4, 0.5) is 11.1 Å². The van der Waals surface area contributed by atoms with Crippen molar-refractivity contribution < 1.29 is 0 Å². The molecule has 0 saturated carbocycles. The summed E-state index contributed by atoms with van der Waals surface area (Å²) in [7, 11) is 3.85. The van der Waals surface area contributed by atoms with Gasteiger partial charge in [0.25, 0.3) is 0 Å². The van der Waals surface area contributed by atoms with Gasteiger partial charge in [0, 0.05) is 20.3 Å². The molecule has 2 rings (SSSR count). The molecule has 0 spiro atoms. The molecule has 0 amide bonds. The fourth-order valence-electron chi connectivity index (χ4n) is 0.943. The number of aromatic nitrogens is 4. The predicted octanol–water partition coefficient (Wildman–Crippen LogP) is 1.89. The lowest BCUT2D eigenvalue weighted by molar-refractivity contribution is 0.968. The summed E-state index contributed by atoms with van der Waals surface area (Å²) in [5.41, 5.74) is 5.54. The predicted molar refractivity (Wildman–Crippen MR) is 72.5 cm³/mol. The van der Waals surface area contributed by atoms with Gasteiger partial charge in [0.1, 0.15) is 5.03 Å². The van der Waals surface area contributed by atoms with Crippen LogP contribution in [-0.4, -0.2) is 34.3 Å². The van der Waals surface area contributed by atoms with Crippen LogP contribution in [0.2, 0.25) is 0 Å². The van der Waals surface area contributed by atoms with E-state index in [2.05, 4.69) is 36.1 Å². The second kappa shape index (κ2) is 5.15. The van der Waals surface area contributed by atoms with Gasteiger partial charge in [0.2, 0.25) is 11.1 Å². The van der Waals surface area contributed by atoms with Crippen molar-refractivity contribution in [1.82, 2.24) is 20.2 Å². The highest BCUT2D eigenvalue weighted by molar-refractivity contribution is 9.10. The maximum Gasteiger partial charge on any atom is 0.221 e. The minimum atomic E-state index is 0.244. The van der Waals surface area contributed by atoms with Crippen LogP contribution in [0.1, 0.15) is 0 Å². The lowest BCUT2D eigenvalue weighted by atomic mass is 10.7. The van der Waals surface area contributed by atoms with Crippen LogP contribution >= 0.6 is 39.0 Å². The summed E-state index contributed by atoms with van der Waals surface area (Å²) < 4.78 is 1.60. The monoisotopic (exact) mass is 332 g/mol. The van der Waals surface area contributed by atoms with Gasteiger partial charge in [-0.25, -0.2) is 9.97 Å². The largest absolute Gasteiger partial charge is 0.368 e. The highest BCUT2D eigenvalue weighted by atomic mass is 79.9. The van der Waals surface area contributed by atoms with Crippen molar-refractivity contribution in [3.8, 4) is 0 Å². The molecule has 2 N–H and O–H groups in total. The Balaban J connectivity index is 2.22. The van der Waals surface area contributed by atoms with Gasteiger partial charge in [0.15, 0.2) is 4.34 Å². The number of halogens is 1. The van der Waals surface area contributed by atoms with E-state index < -0.39 is 0 Å². The first-order chi connectivity index (χ1) is 8.06. The topological polar surface area (TPSA) is 80.8 Å². The zero-order valence-corrected chi connectivity index (χ0v) is 12.3. The van der Waals surface area contributed by atoms with E-state index in [1.807, 2.05) is 19.0 Å². The molecule has 0 aliphatic carbocycles. The first kappa shape index (κ1) is 12.5. The van der Waals surface area contributed by atoms with Crippen molar-refractivity contribution in [3.05, 3.63) is 10.7 Å². The fourth-order valence-corrected chi connectivity index (χ4v) is 3.04. The molecule has 0 unspecified atom stereocenters. The number of nitrogen functional groups attached to an aromatic ring is 1. The molecule has 0 radical (unpaired) electrons. The maximum atomic E-state index is 5.54. The first-order valence-electron chi connectivity index (χ1n) is 4.53. The number of hydrogen-bond acceptors (Lipinski definition) is 8. The summed E-state index contributed by atoms with van der Waals surface area (Å²) in [6, 6.07) is 0. The molecule has 0 aromatic carbocycles. The number of anilines is 2. The summed E-state index contributed by atoms with van der Waals surface area (Å²) in [4.78, 5) is 9.92. The molecule has 0 fully saturated rings. The van der Waals surface area contributed by atoms with E-state index in [0.29, 0.717) is 0 Å². The van der Waals surface area contributed by atoms with Crippen LogP contribution in [0.3, 0.4) is 0 Å². The summed E-state index contributed by atoms with van der Waals surface area (Å²) in [5.74, 6) is 0.244. The van der Waals surface area contributed by atoms with E-state index in [1.54, 1.807) is 6.20 Å². The second-order valence-electron chi connectivity index (χ2n) is 3.23. The first-order valence-corrected chi connectivity index (χ1v) is 6.95. The third kappa shape index (κ3) is 3.05. The van der Waals surface area contributed by atoms with Crippen molar-refractivity contribution in [3.63, 3.8) is 0 Å². The SMILES string of the molecule is CN(C)c1nnc(Sc2nc(N)ncc2Br)s1. The molecule has 90 valence electrons. The Bertz CT molecular complexity index is 528. The highest BCUT2D eigenvalue weighted by Gasteiger charge is 2.11. The smallest absolute Gasteiger partial charge is 0.221 e. The molecule has 0 bridgehead atoms. The fraction of sp³-hybridized carbons (Fsp3) is 0.250. The zero-order valence-electron chi connectivity index (χ0n) is 9.09. The summed E-state index contributed by atoms with van der Waals surface area (Å²) in [6.07, 6.45) is 1.62. The molecule has 2 aromatic heterocycles. The molecule has 0 aliphatic rings. The minimum Gasteiger partial charge on any atom is -0.368 e. The normalized spacial score (nSPS) is 10.5. The van der Waals surface area contributed by atoms with Gasteiger partial charge in [-0.15, -0.1) is 10.2 Å². The van der Waals surface area contributed by atoms with E-state index in [1.165, 1.54) is 23.1 Å². The van der Waals surface area contributed by atoms with Crippen molar-refractivity contribution in [2.45, 2.75) is 9.37 Å².